The van der Waals surface area contributed by atoms with E-state index in [4.69, 9.17) is 11.6 Å². The summed E-state index contributed by atoms with van der Waals surface area (Å²) in [6.07, 6.45) is 0.894. The molecule has 0 fully saturated rings. The van der Waals surface area contributed by atoms with Crippen LogP contribution in [0.1, 0.15) is 19.2 Å². The Balaban J connectivity index is 2.56. The molecule has 0 saturated carbocycles. The summed E-state index contributed by atoms with van der Waals surface area (Å²) in [7, 11) is 0. The van der Waals surface area contributed by atoms with Gasteiger partial charge in [0.2, 0.25) is 0 Å². The Hall–Kier alpha value is -1.47. The van der Waals surface area contributed by atoms with Crippen molar-refractivity contribution in [3.05, 3.63) is 38.6 Å². The second-order valence-corrected chi connectivity index (χ2v) is 5.36. The Labute approximate surface area is 129 Å². The molecule has 20 heavy (non-hydrogen) atoms. The van der Waals surface area contributed by atoms with Crippen LogP contribution in [0.2, 0.25) is 0 Å². The molecule has 106 valence electrons. The lowest BCUT2D eigenvalue weighted by Gasteiger charge is -2.08. The Kier molecular flexibility index (Phi) is 4.72. The van der Waals surface area contributed by atoms with Gasteiger partial charge < -0.3 is 4.57 Å². The summed E-state index contributed by atoms with van der Waals surface area (Å²) in [4.78, 5) is 10.5. The third kappa shape index (κ3) is 2.99. The van der Waals surface area contributed by atoms with Crippen LogP contribution in [0.3, 0.4) is 0 Å². The maximum absolute atomic E-state index is 10.9. The highest BCUT2D eigenvalue weighted by atomic mass is 79.9. The third-order valence-corrected chi connectivity index (χ3v) is 3.44. The van der Waals surface area contributed by atoms with E-state index in [1.165, 1.54) is 12.1 Å². The maximum atomic E-state index is 10.9. The number of nitro benzene ring substituents is 1. The lowest BCUT2D eigenvalue weighted by molar-refractivity contribution is -0.384. The molecule has 0 spiro atoms. The van der Waals surface area contributed by atoms with Crippen molar-refractivity contribution in [1.82, 2.24) is 14.8 Å². The fraction of sp³-hybridized carbons (Fsp3) is 0.333. The molecule has 1 aromatic heterocycles. The molecule has 0 aliphatic rings. The summed E-state index contributed by atoms with van der Waals surface area (Å²) in [5, 5.41) is 19.1. The molecule has 0 bridgehead atoms. The molecular formula is C12H12BrClN4O2. The molecule has 0 radical (unpaired) electrons. The summed E-state index contributed by atoms with van der Waals surface area (Å²) in [5.41, 5.74) is 0.649. The highest BCUT2D eigenvalue weighted by Crippen LogP contribution is 2.28. The van der Waals surface area contributed by atoms with Gasteiger partial charge in [-0.3, -0.25) is 10.1 Å². The summed E-state index contributed by atoms with van der Waals surface area (Å²) in [5.74, 6) is 1.50. The average Bonchev–Trinajstić information content (AvgIpc) is 2.81. The number of rotatable bonds is 5. The molecule has 0 atom stereocenters. The fourth-order valence-electron chi connectivity index (χ4n) is 1.91. The zero-order chi connectivity index (χ0) is 14.7. The third-order valence-electron chi connectivity index (χ3n) is 2.75. The number of nitro groups is 1. The van der Waals surface area contributed by atoms with E-state index in [9.17, 15) is 10.1 Å². The first-order chi connectivity index (χ1) is 9.56. The minimum atomic E-state index is -0.433. The number of alkyl halides is 1. The predicted octanol–water partition coefficient (Wildman–Crippen LogP) is 3.76. The van der Waals surface area contributed by atoms with Crippen molar-refractivity contribution in [1.29, 1.82) is 0 Å². The minimum Gasteiger partial charge on any atom is -0.310 e. The molecule has 1 heterocycles. The van der Waals surface area contributed by atoms with Gasteiger partial charge in [0.25, 0.3) is 5.69 Å². The Morgan fingerprint density at radius 2 is 2.15 bits per heavy atom. The van der Waals surface area contributed by atoms with Gasteiger partial charge in [0.15, 0.2) is 5.82 Å². The standard InChI is InChI=1S/C12H12BrClN4O2/c1-2-3-17-11(7-14)15-16-12(17)8-4-9(13)6-10(5-8)18(19)20/h4-6H,2-3,7H2,1H3. The van der Waals surface area contributed by atoms with Crippen LogP contribution in [0.4, 0.5) is 5.69 Å². The van der Waals surface area contributed by atoms with E-state index in [2.05, 4.69) is 26.1 Å². The van der Waals surface area contributed by atoms with Gasteiger partial charge in [-0.1, -0.05) is 22.9 Å². The van der Waals surface area contributed by atoms with Gasteiger partial charge in [-0.2, -0.15) is 0 Å². The maximum Gasteiger partial charge on any atom is 0.271 e. The van der Waals surface area contributed by atoms with Crippen LogP contribution < -0.4 is 0 Å². The van der Waals surface area contributed by atoms with E-state index >= 15 is 0 Å². The first kappa shape index (κ1) is 14.9. The van der Waals surface area contributed by atoms with Gasteiger partial charge in [0.1, 0.15) is 5.82 Å². The molecule has 8 heteroatoms. The molecule has 1 aromatic carbocycles. The molecule has 0 aliphatic carbocycles. The second kappa shape index (κ2) is 6.32. The fourth-order valence-corrected chi connectivity index (χ4v) is 2.59. The lowest BCUT2D eigenvalue weighted by atomic mass is 10.2. The topological polar surface area (TPSA) is 73.8 Å². The SMILES string of the molecule is CCCn1c(CCl)nnc1-c1cc(Br)cc([N+](=O)[O-])c1. The Morgan fingerprint density at radius 1 is 1.40 bits per heavy atom. The number of benzene rings is 1. The van der Waals surface area contributed by atoms with Gasteiger partial charge in [0, 0.05) is 28.7 Å². The molecule has 2 rings (SSSR count). The van der Waals surface area contributed by atoms with Gasteiger partial charge in [0.05, 0.1) is 10.8 Å². The van der Waals surface area contributed by atoms with Crippen molar-refractivity contribution in [2.45, 2.75) is 25.8 Å². The van der Waals surface area contributed by atoms with Crippen molar-refractivity contribution in [3.8, 4) is 11.4 Å². The predicted molar refractivity (Wildman–Crippen MR) is 79.7 cm³/mol. The lowest BCUT2D eigenvalue weighted by Crippen LogP contribution is -2.04. The van der Waals surface area contributed by atoms with Crippen molar-refractivity contribution in [2.24, 2.45) is 0 Å². The van der Waals surface area contributed by atoms with Crippen LogP contribution >= 0.6 is 27.5 Å². The highest BCUT2D eigenvalue weighted by Gasteiger charge is 2.16. The molecule has 0 amide bonds. The second-order valence-electron chi connectivity index (χ2n) is 4.18. The van der Waals surface area contributed by atoms with Crippen LogP contribution in [0.25, 0.3) is 11.4 Å². The zero-order valence-electron chi connectivity index (χ0n) is 10.7. The molecule has 0 unspecified atom stereocenters. The highest BCUT2D eigenvalue weighted by molar-refractivity contribution is 9.10. The Morgan fingerprint density at radius 3 is 2.75 bits per heavy atom. The van der Waals surface area contributed by atoms with E-state index in [0.29, 0.717) is 28.2 Å². The molecule has 0 N–H and O–H groups in total. The van der Waals surface area contributed by atoms with Gasteiger partial charge >= 0.3 is 0 Å². The molecule has 6 nitrogen and oxygen atoms in total. The number of non-ortho nitro benzene ring substituents is 1. The van der Waals surface area contributed by atoms with Crippen LogP contribution in [0.5, 0.6) is 0 Å². The summed E-state index contributed by atoms with van der Waals surface area (Å²) in [6.45, 7) is 2.75. The van der Waals surface area contributed by atoms with E-state index in [1.54, 1.807) is 6.07 Å². The van der Waals surface area contributed by atoms with Crippen molar-refractivity contribution >= 4 is 33.2 Å². The van der Waals surface area contributed by atoms with Gasteiger partial charge in [-0.25, -0.2) is 0 Å². The number of halogens is 2. The van der Waals surface area contributed by atoms with Crippen LogP contribution in [0.15, 0.2) is 22.7 Å². The van der Waals surface area contributed by atoms with E-state index in [-0.39, 0.29) is 11.6 Å². The molecule has 0 aliphatic heterocycles. The van der Waals surface area contributed by atoms with Gasteiger partial charge in [-0.05, 0) is 12.5 Å². The number of hydrogen-bond acceptors (Lipinski definition) is 4. The monoisotopic (exact) mass is 358 g/mol. The number of hydrogen-bond donors (Lipinski definition) is 0. The summed E-state index contributed by atoms with van der Waals surface area (Å²) >= 11 is 9.12. The molecule has 0 saturated heterocycles. The first-order valence-corrected chi connectivity index (χ1v) is 7.33. The quantitative estimate of drug-likeness (QED) is 0.463. The smallest absolute Gasteiger partial charge is 0.271 e. The zero-order valence-corrected chi connectivity index (χ0v) is 13.1. The van der Waals surface area contributed by atoms with E-state index < -0.39 is 4.92 Å². The molecule has 2 aromatic rings. The number of nitrogens with zero attached hydrogens (tertiary/aromatic N) is 4. The summed E-state index contributed by atoms with van der Waals surface area (Å²) < 4.78 is 2.51. The van der Waals surface area contributed by atoms with Crippen LogP contribution in [0, 0.1) is 10.1 Å². The number of aromatic nitrogens is 3. The van der Waals surface area contributed by atoms with Crippen molar-refractivity contribution < 1.29 is 4.92 Å². The minimum absolute atomic E-state index is 0.00727. The van der Waals surface area contributed by atoms with Crippen LogP contribution in [-0.2, 0) is 12.4 Å². The van der Waals surface area contributed by atoms with E-state index in [0.717, 1.165) is 6.42 Å². The van der Waals surface area contributed by atoms with E-state index in [1.807, 2.05) is 11.5 Å². The first-order valence-electron chi connectivity index (χ1n) is 6.00. The Bertz CT molecular complexity index is 644. The largest absolute Gasteiger partial charge is 0.310 e. The van der Waals surface area contributed by atoms with Crippen LogP contribution in [-0.4, -0.2) is 19.7 Å². The van der Waals surface area contributed by atoms with Crippen molar-refractivity contribution in [2.75, 3.05) is 0 Å². The molecular weight excluding hydrogens is 348 g/mol. The average molecular weight is 360 g/mol. The normalized spacial score (nSPS) is 10.8. The van der Waals surface area contributed by atoms with Gasteiger partial charge in [-0.15, -0.1) is 21.8 Å². The van der Waals surface area contributed by atoms with Crippen molar-refractivity contribution in [3.63, 3.8) is 0 Å². The summed E-state index contributed by atoms with van der Waals surface area (Å²) in [6, 6.07) is 4.71.